The van der Waals surface area contributed by atoms with Crippen LogP contribution in [-0.2, 0) is 9.53 Å². The molecule has 104 valence electrons. The molecular weight excluding hydrogens is 305 g/mol. The topological polar surface area (TPSA) is 35.5 Å². The van der Waals surface area contributed by atoms with Gasteiger partial charge in [-0.2, -0.15) is 0 Å². The molecule has 0 aliphatic carbocycles. The second-order valence-corrected chi connectivity index (χ2v) is 4.73. The highest BCUT2D eigenvalue weighted by Crippen LogP contribution is 2.35. The fraction of sp³-hybridized carbons (Fsp3) is 0.182. The number of carbonyl (C=O) groups is 1. The number of hydrogen-bond donors (Lipinski definition) is 0. The lowest BCUT2D eigenvalue weighted by atomic mass is 10.3. The largest absolute Gasteiger partial charge is 0.573 e. The monoisotopic (exact) mass is 312 g/mol. The lowest BCUT2D eigenvalue weighted by molar-refractivity contribution is -0.274. The van der Waals surface area contributed by atoms with E-state index >= 15 is 0 Å². The van der Waals surface area contributed by atoms with Gasteiger partial charge in [-0.3, -0.25) is 0 Å². The molecule has 0 aliphatic rings. The molecule has 0 spiro atoms. The van der Waals surface area contributed by atoms with Crippen LogP contribution in [-0.4, -0.2) is 19.4 Å². The Hall–Kier alpha value is -1.34. The van der Waals surface area contributed by atoms with E-state index in [0.29, 0.717) is 4.90 Å². The van der Waals surface area contributed by atoms with Crippen molar-refractivity contribution in [1.82, 2.24) is 0 Å². The van der Waals surface area contributed by atoms with Crippen LogP contribution in [0.3, 0.4) is 0 Å². The Balaban J connectivity index is 2.83. The summed E-state index contributed by atoms with van der Waals surface area (Å²) in [6.45, 7) is 3.47. The van der Waals surface area contributed by atoms with Crippen molar-refractivity contribution in [2.45, 2.75) is 11.3 Å². The highest BCUT2D eigenvalue weighted by atomic mass is 35.5. The number of thioether (sulfide) groups is 1. The molecule has 0 saturated carbocycles. The summed E-state index contributed by atoms with van der Waals surface area (Å²) in [5.41, 5.74) is 0. The van der Waals surface area contributed by atoms with E-state index in [0.717, 1.165) is 17.8 Å². The van der Waals surface area contributed by atoms with Crippen LogP contribution in [0.15, 0.2) is 34.6 Å². The summed E-state index contributed by atoms with van der Waals surface area (Å²) in [5.74, 6) is -1.14. The molecule has 0 radical (unpaired) electrons. The maximum absolute atomic E-state index is 12.0. The third-order valence-electron chi connectivity index (χ3n) is 1.78. The molecule has 8 heteroatoms. The average Bonchev–Trinajstić information content (AvgIpc) is 2.30. The van der Waals surface area contributed by atoms with Gasteiger partial charge in [-0.1, -0.05) is 29.9 Å². The van der Waals surface area contributed by atoms with E-state index in [2.05, 4.69) is 16.1 Å². The fourth-order valence-corrected chi connectivity index (χ4v) is 2.10. The predicted octanol–water partition coefficient (Wildman–Crippen LogP) is 4.02. The van der Waals surface area contributed by atoms with Crippen molar-refractivity contribution < 1.29 is 27.4 Å². The van der Waals surface area contributed by atoms with Crippen LogP contribution in [0, 0.1) is 0 Å². The minimum absolute atomic E-state index is 0.0862. The molecule has 0 heterocycles. The zero-order chi connectivity index (χ0) is 14.6. The SMILES string of the molecule is C=C(Sc1ccc(OC(F)(F)F)c(Cl)c1)C(=O)OC. The van der Waals surface area contributed by atoms with Gasteiger partial charge in [-0.15, -0.1) is 13.2 Å². The number of hydrogen-bond acceptors (Lipinski definition) is 4. The zero-order valence-electron chi connectivity index (χ0n) is 9.58. The van der Waals surface area contributed by atoms with E-state index in [4.69, 9.17) is 11.6 Å². The van der Waals surface area contributed by atoms with Gasteiger partial charge in [-0.25, -0.2) is 4.79 Å². The lowest BCUT2D eigenvalue weighted by Crippen LogP contribution is -2.17. The maximum atomic E-state index is 12.0. The average molecular weight is 313 g/mol. The lowest BCUT2D eigenvalue weighted by Gasteiger charge is -2.11. The van der Waals surface area contributed by atoms with Crippen molar-refractivity contribution in [1.29, 1.82) is 0 Å². The Morgan fingerprint density at radius 2 is 2.05 bits per heavy atom. The standard InChI is InChI=1S/C11H8ClF3O3S/c1-6(10(16)17-2)19-7-3-4-9(8(12)5-7)18-11(13,14)15/h3-5H,1H2,2H3. The molecule has 0 unspecified atom stereocenters. The van der Waals surface area contributed by atoms with Gasteiger partial charge in [0.25, 0.3) is 0 Å². The number of benzene rings is 1. The highest BCUT2D eigenvalue weighted by Gasteiger charge is 2.32. The first-order chi connectivity index (χ1) is 8.73. The van der Waals surface area contributed by atoms with Crippen molar-refractivity contribution in [3.8, 4) is 5.75 Å². The Morgan fingerprint density at radius 1 is 1.42 bits per heavy atom. The van der Waals surface area contributed by atoms with E-state index in [9.17, 15) is 18.0 Å². The molecular formula is C11H8ClF3O3S. The van der Waals surface area contributed by atoms with Crippen LogP contribution in [0.1, 0.15) is 0 Å². The second kappa shape index (κ2) is 6.21. The number of methoxy groups -OCH3 is 1. The summed E-state index contributed by atoms with van der Waals surface area (Å²) in [5, 5.41) is -0.222. The van der Waals surface area contributed by atoms with Gasteiger partial charge in [0.05, 0.1) is 17.0 Å². The molecule has 1 aromatic carbocycles. The van der Waals surface area contributed by atoms with E-state index in [-0.39, 0.29) is 9.93 Å². The summed E-state index contributed by atoms with van der Waals surface area (Å²) in [6, 6.07) is 3.62. The first-order valence-corrected chi connectivity index (χ1v) is 5.92. The van der Waals surface area contributed by atoms with E-state index < -0.39 is 18.1 Å². The van der Waals surface area contributed by atoms with Crippen LogP contribution >= 0.6 is 23.4 Å². The van der Waals surface area contributed by atoms with Crippen molar-refractivity contribution in [3.05, 3.63) is 34.7 Å². The molecule has 0 fully saturated rings. The molecule has 0 aromatic heterocycles. The Labute approximate surface area is 116 Å². The zero-order valence-corrected chi connectivity index (χ0v) is 11.2. The third-order valence-corrected chi connectivity index (χ3v) is 2.98. The molecule has 0 bridgehead atoms. The Bertz CT molecular complexity index is 502. The van der Waals surface area contributed by atoms with Crippen LogP contribution in [0.4, 0.5) is 13.2 Å². The Kier molecular flexibility index (Phi) is 5.13. The summed E-state index contributed by atoms with van der Waals surface area (Å²) in [6.07, 6.45) is -4.81. The van der Waals surface area contributed by atoms with Gasteiger partial charge >= 0.3 is 12.3 Å². The van der Waals surface area contributed by atoms with Crippen molar-refractivity contribution >= 4 is 29.3 Å². The van der Waals surface area contributed by atoms with Gasteiger partial charge in [0, 0.05) is 4.90 Å². The molecule has 3 nitrogen and oxygen atoms in total. The highest BCUT2D eigenvalue weighted by molar-refractivity contribution is 8.04. The first kappa shape index (κ1) is 15.7. The first-order valence-electron chi connectivity index (χ1n) is 4.73. The number of halogens is 4. The predicted molar refractivity (Wildman–Crippen MR) is 65.1 cm³/mol. The normalized spacial score (nSPS) is 11.0. The molecule has 0 saturated heterocycles. The number of ether oxygens (including phenoxy) is 2. The van der Waals surface area contributed by atoms with Crippen LogP contribution in [0.25, 0.3) is 0 Å². The molecule has 0 aliphatic heterocycles. The summed E-state index contributed by atoms with van der Waals surface area (Å²) in [4.78, 5) is 11.6. The third kappa shape index (κ3) is 5.04. The number of alkyl halides is 3. The van der Waals surface area contributed by atoms with Gasteiger partial charge in [0.2, 0.25) is 0 Å². The van der Waals surface area contributed by atoms with E-state index in [1.807, 2.05) is 0 Å². The maximum Gasteiger partial charge on any atom is 0.573 e. The summed E-state index contributed by atoms with van der Waals surface area (Å²) in [7, 11) is 1.20. The number of carbonyl (C=O) groups excluding carboxylic acids is 1. The molecule has 0 atom stereocenters. The minimum atomic E-state index is -4.81. The molecule has 1 aromatic rings. The van der Waals surface area contributed by atoms with Crippen LogP contribution in [0.5, 0.6) is 5.75 Å². The van der Waals surface area contributed by atoms with Crippen molar-refractivity contribution in [2.75, 3.05) is 7.11 Å². The molecule has 1 rings (SSSR count). The number of rotatable bonds is 4. The van der Waals surface area contributed by atoms with Crippen LogP contribution in [0.2, 0.25) is 5.02 Å². The summed E-state index contributed by atoms with van der Waals surface area (Å²) >= 11 is 6.58. The van der Waals surface area contributed by atoms with E-state index in [1.54, 1.807) is 0 Å². The second-order valence-electron chi connectivity index (χ2n) is 3.16. The van der Waals surface area contributed by atoms with Gasteiger partial charge < -0.3 is 9.47 Å². The van der Waals surface area contributed by atoms with Gasteiger partial charge in [-0.05, 0) is 18.2 Å². The molecule has 0 N–H and O–H groups in total. The Morgan fingerprint density at radius 3 is 2.53 bits per heavy atom. The van der Waals surface area contributed by atoms with Crippen LogP contribution < -0.4 is 4.74 Å². The summed E-state index contributed by atoms with van der Waals surface area (Å²) < 4.78 is 44.2. The minimum Gasteiger partial charge on any atom is -0.465 e. The van der Waals surface area contributed by atoms with Crippen molar-refractivity contribution in [3.63, 3.8) is 0 Å². The van der Waals surface area contributed by atoms with Crippen molar-refractivity contribution in [2.24, 2.45) is 0 Å². The fourth-order valence-electron chi connectivity index (χ4n) is 1.05. The molecule has 19 heavy (non-hydrogen) atoms. The van der Waals surface area contributed by atoms with Gasteiger partial charge in [0.15, 0.2) is 0 Å². The smallest absolute Gasteiger partial charge is 0.465 e. The molecule has 0 amide bonds. The van der Waals surface area contributed by atoms with Gasteiger partial charge in [0.1, 0.15) is 5.75 Å². The van der Waals surface area contributed by atoms with E-state index in [1.165, 1.54) is 19.2 Å². The quantitative estimate of drug-likeness (QED) is 0.478. The number of esters is 1.